The largest absolute Gasteiger partial charge is 0.423 e. The zero-order valence-electron chi connectivity index (χ0n) is 16.1. The van der Waals surface area contributed by atoms with E-state index >= 15 is 0 Å². The number of allylic oxidation sites excluding steroid dienone is 1. The average molecular weight is 450 g/mol. The number of carbonyl (C=O) groups is 1. The first-order valence-electron chi connectivity index (χ1n) is 8.90. The van der Waals surface area contributed by atoms with Crippen molar-refractivity contribution in [2.75, 3.05) is 0 Å². The smallest absolute Gasteiger partial charge is 0.344 e. The molecular formula is C22H12ClN3O6. The Hall–Kier alpha value is -4.55. The van der Waals surface area contributed by atoms with Crippen molar-refractivity contribution in [3.8, 4) is 11.8 Å². The van der Waals surface area contributed by atoms with E-state index in [1.165, 1.54) is 12.1 Å². The van der Waals surface area contributed by atoms with Crippen LogP contribution in [0.3, 0.4) is 0 Å². The van der Waals surface area contributed by atoms with Gasteiger partial charge in [-0.25, -0.2) is 4.79 Å². The summed E-state index contributed by atoms with van der Waals surface area (Å²) in [6, 6.07) is 17.6. The van der Waals surface area contributed by atoms with Gasteiger partial charge in [-0.05, 0) is 41.5 Å². The fourth-order valence-corrected chi connectivity index (χ4v) is 2.92. The SMILES string of the molecule is N#C/C(=C/c1ccc(OC(=O)c2cc([N+](=O)[O-])cc([N+](=O)[O-])c2)cc1)c1cccc(Cl)c1. The van der Waals surface area contributed by atoms with Crippen LogP contribution in [-0.2, 0) is 0 Å². The number of non-ortho nitro benzene ring substituents is 2. The van der Waals surface area contributed by atoms with Crippen molar-refractivity contribution in [2.45, 2.75) is 0 Å². The highest BCUT2D eigenvalue weighted by Gasteiger charge is 2.21. The van der Waals surface area contributed by atoms with Gasteiger partial charge in [0.05, 0.1) is 33.1 Å². The van der Waals surface area contributed by atoms with Gasteiger partial charge >= 0.3 is 5.97 Å². The molecule has 0 atom stereocenters. The zero-order valence-corrected chi connectivity index (χ0v) is 16.9. The molecule has 0 radical (unpaired) electrons. The third-order valence-corrected chi connectivity index (χ3v) is 4.45. The monoisotopic (exact) mass is 449 g/mol. The van der Waals surface area contributed by atoms with Crippen LogP contribution in [0, 0.1) is 31.6 Å². The number of nitro benzene ring substituents is 2. The summed E-state index contributed by atoms with van der Waals surface area (Å²) in [4.78, 5) is 32.6. The quantitative estimate of drug-likeness (QED) is 0.122. The molecule has 3 aromatic rings. The van der Waals surface area contributed by atoms with Crippen molar-refractivity contribution >= 4 is 40.6 Å². The molecule has 0 amide bonds. The van der Waals surface area contributed by atoms with Crippen LogP contribution in [-0.4, -0.2) is 15.8 Å². The van der Waals surface area contributed by atoms with E-state index in [1.807, 2.05) is 0 Å². The summed E-state index contributed by atoms with van der Waals surface area (Å²) in [5, 5.41) is 31.9. The normalized spacial score (nSPS) is 10.8. The topological polar surface area (TPSA) is 136 Å². The summed E-state index contributed by atoms with van der Waals surface area (Å²) >= 11 is 5.96. The molecule has 0 aliphatic carbocycles. The summed E-state index contributed by atoms with van der Waals surface area (Å²) in [6.07, 6.45) is 1.63. The lowest BCUT2D eigenvalue weighted by atomic mass is 10.0. The van der Waals surface area contributed by atoms with Gasteiger partial charge in [0.25, 0.3) is 11.4 Å². The standard InChI is InChI=1S/C22H12ClN3O6/c23-18-3-1-2-15(9-18)17(13-24)8-14-4-6-21(7-5-14)32-22(27)16-10-19(25(28)29)12-20(11-16)26(30)31/h1-12H/b17-8-. The number of rotatable bonds is 6. The Labute approximate surface area is 186 Å². The predicted molar refractivity (Wildman–Crippen MR) is 116 cm³/mol. The lowest BCUT2D eigenvalue weighted by Gasteiger charge is -2.05. The summed E-state index contributed by atoms with van der Waals surface area (Å²) in [5.74, 6) is -0.876. The molecule has 0 bridgehead atoms. The van der Waals surface area contributed by atoms with E-state index in [0.29, 0.717) is 21.7 Å². The maximum atomic E-state index is 12.4. The van der Waals surface area contributed by atoms with Gasteiger partial charge in [-0.2, -0.15) is 5.26 Å². The van der Waals surface area contributed by atoms with Gasteiger partial charge in [0.1, 0.15) is 5.75 Å². The molecule has 0 unspecified atom stereocenters. The third kappa shape index (κ3) is 5.33. The van der Waals surface area contributed by atoms with Crippen molar-refractivity contribution in [1.29, 1.82) is 5.26 Å². The van der Waals surface area contributed by atoms with Gasteiger partial charge in [-0.15, -0.1) is 0 Å². The average Bonchev–Trinajstić information content (AvgIpc) is 2.78. The first kappa shape index (κ1) is 22.1. The molecule has 0 aliphatic rings. The van der Waals surface area contributed by atoms with E-state index in [1.54, 1.807) is 42.5 Å². The molecule has 10 heteroatoms. The minimum absolute atomic E-state index is 0.113. The molecule has 0 N–H and O–H groups in total. The van der Waals surface area contributed by atoms with Gasteiger partial charge in [0.2, 0.25) is 0 Å². The second-order valence-corrected chi connectivity index (χ2v) is 6.83. The molecule has 3 aromatic carbocycles. The Kier molecular flexibility index (Phi) is 6.58. The number of hydrogen-bond acceptors (Lipinski definition) is 7. The molecule has 32 heavy (non-hydrogen) atoms. The Morgan fingerprint density at radius 1 is 0.938 bits per heavy atom. The number of hydrogen-bond donors (Lipinski definition) is 0. The molecule has 0 saturated carbocycles. The summed E-state index contributed by atoms with van der Waals surface area (Å²) in [7, 11) is 0. The fourth-order valence-electron chi connectivity index (χ4n) is 2.72. The minimum Gasteiger partial charge on any atom is -0.423 e. The van der Waals surface area contributed by atoms with Gasteiger partial charge in [0.15, 0.2) is 0 Å². The molecule has 3 rings (SSSR count). The van der Waals surface area contributed by atoms with E-state index in [9.17, 15) is 30.3 Å². The molecule has 0 spiro atoms. The lowest BCUT2D eigenvalue weighted by Crippen LogP contribution is -2.09. The summed E-state index contributed by atoms with van der Waals surface area (Å²) in [6.45, 7) is 0. The molecule has 0 aromatic heterocycles. The molecule has 0 aliphatic heterocycles. The number of nitrogens with zero attached hydrogens (tertiary/aromatic N) is 3. The van der Waals surface area contributed by atoms with Crippen molar-refractivity contribution in [2.24, 2.45) is 0 Å². The number of nitriles is 1. The van der Waals surface area contributed by atoms with Gasteiger partial charge in [-0.3, -0.25) is 20.2 Å². The highest BCUT2D eigenvalue weighted by atomic mass is 35.5. The van der Waals surface area contributed by atoms with E-state index in [-0.39, 0.29) is 11.3 Å². The lowest BCUT2D eigenvalue weighted by molar-refractivity contribution is -0.394. The number of benzene rings is 3. The Bertz CT molecular complexity index is 1260. The Balaban J connectivity index is 1.81. The van der Waals surface area contributed by atoms with Gasteiger partial charge < -0.3 is 4.74 Å². The highest BCUT2D eigenvalue weighted by Crippen LogP contribution is 2.25. The first-order valence-corrected chi connectivity index (χ1v) is 9.28. The zero-order chi connectivity index (χ0) is 23.3. The van der Waals surface area contributed by atoms with Crippen molar-refractivity contribution < 1.29 is 19.4 Å². The number of esters is 1. The summed E-state index contributed by atoms with van der Waals surface area (Å²) in [5.41, 5.74) is 0.132. The molecule has 0 fully saturated rings. The minimum atomic E-state index is -0.989. The number of nitro groups is 2. The van der Waals surface area contributed by atoms with E-state index in [4.69, 9.17) is 16.3 Å². The second kappa shape index (κ2) is 9.51. The van der Waals surface area contributed by atoms with Crippen LogP contribution in [0.15, 0.2) is 66.7 Å². The summed E-state index contributed by atoms with van der Waals surface area (Å²) < 4.78 is 5.17. The van der Waals surface area contributed by atoms with Crippen molar-refractivity contribution in [1.82, 2.24) is 0 Å². The maximum Gasteiger partial charge on any atom is 0.344 e. The van der Waals surface area contributed by atoms with Crippen molar-refractivity contribution in [3.05, 3.63) is 109 Å². The molecular weight excluding hydrogens is 438 g/mol. The third-order valence-electron chi connectivity index (χ3n) is 4.22. The van der Waals surface area contributed by atoms with E-state index in [2.05, 4.69) is 6.07 Å². The van der Waals surface area contributed by atoms with E-state index in [0.717, 1.165) is 18.2 Å². The van der Waals surface area contributed by atoms with Gasteiger partial charge in [0, 0.05) is 17.2 Å². The van der Waals surface area contributed by atoms with Crippen LogP contribution in [0.5, 0.6) is 5.75 Å². The molecule has 158 valence electrons. The van der Waals surface area contributed by atoms with Crippen LogP contribution in [0.2, 0.25) is 5.02 Å². The van der Waals surface area contributed by atoms with Crippen LogP contribution in [0.25, 0.3) is 11.6 Å². The first-order chi connectivity index (χ1) is 15.3. The number of halogens is 1. The van der Waals surface area contributed by atoms with Crippen molar-refractivity contribution in [3.63, 3.8) is 0 Å². The van der Waals surface area contributed by atoms with Crippen LogP contribution in [0.4, 0.5) is 11.4 Å². The van der Waals surface area contributed by atoms with Crippen LogP contribution >= 0.6 is 11.6 Å². The Morgan fingerprint density at radius 3 is 2.09 bits per heavy atom. The van der Waals surface area contributed by atoms with Crippen LogP contribution < -0.4 is 4.74 Å². The molecule has 0 saturated heterocycles. The molecule has 9 nitrogen and oxygen atoms in total. The Morgan fingerprint density at radius 2 is 1.56 bits per heavy atom. The molecule has 0 heterocycles. The number of carbonyl (C=O) groups excluding carboxylic acids is 1. The van der Waals surface area contributed by atoms with Crippen LogP contribution in [0.1, 0.15) is 21.5 Å². The predicted octanol–water partition coefficient (Wildman–Crippen LogP) is 5.44. The highest BCUT2D eigenvalue weighted by molar-refractivity contribution is 6.30. The fraction of sp³-hybridized carbons (Fsp3) is 0. The maximum absolute atomic E-state index is 12.4. The van der Waals surface area contributed by atoms with Gasteiger partial charge in [-0.1, -0.05) is 35.9 Å². The second-order valence-electron chi connectivity index (χ2n) is 6.39. The number of ether oxygens (including phenoxy) is 1. The van der Waals surface area contributed by atoms with E-state index < -0.39 is 27.2 Å².